The molecule has 19 heavy (non-hydrogen) atoms. The van der Waals surface area contributed by atoms with E-state index in [0.29, 0.717) is 10.8 Å². The van der Waals surface area contributed by atoms with Gasteiger partial charge in [0.05, 0.1) is 5.02 Å². The first kappa shape index (κ1) is 13.5. The van der Waals surface area contributed by atoms with Gasteiger partial charge in [0.1, 0.15) is 5.82 Å². The van der Waals surface area contributed by atoms with Crippen molar-refractivity contribution in [3.8, 4) is 0 Å². The van der Waals surface area contributed by atoms with E-state index in [1.807, 2.05) is 0 Å². The van der Waals surface area contributed by atoms with E-state index < -0.39 is 0 Å². The number of aromatic nitrogens is 1. The fraction of sp³-hybridized carbons (Fsp3) is 0.308. The van der Waals surface area contributed by atoms with E-state index in [4.69, 9.17) is 11.6 Å². The summed E-state index contributed by atoms with van der Waals surface area (Å²) in [6.45, 7) is 1.53. The van der Waals surface area contributed by atoms with E-state index in [9.17, 15) is 9.59 Å². The summed E-state index contributed by atoms with van der Waals surface area (Å²) in [4.78, 5) is 28.9. The lowest BCUT2D eigenvalue weighted by atomic mass is 10.4. The second-order valence-corrected chi connectivity index (χ2v) is 4.65. The minimum absolute atomic E-state index is 0.128. The Labute approximate surface area is 116 Å². The first-order valence-corrected chi connectivity index (χ1v) is 6.42. The Morgan fingerprint density at radius 1 is 1.26 bits per heavy atom. The van der Waals surface area contributed by atoms with Crippen LogP contribution in [0.15, 0.2) is 30.5 Å². The van der Waals surface area contributed by atoms with Crippen molar-refractivity contribution < 1.29 is 9.59 Å². The number of carbonyl (C=O) groups excluding carboxylic acids is 2. The lowest BCUT2D eigenvalue weighted by molar-refractivity contribution is -0.125. The predicted octanol–water partition coefficient (Wildman–Crippen LogP) is 1.85. The number of halogens is 1. The summed E-state index contributed by atoms with van der Waals surface area (Å²) in [5.41, 5.74) is 0. The van der Waals surface area contributed by atoms with Crippen LogP contribution in [-0.2, 0) is 9.59 Å². The highest BCUT2D eigenvalue weighted by molar-refractivity contribution is 6.30. The maximum absolute atomic E-state index is 11.7. The van der Waals surface area contributed by atoms with Crippen molar-refractivity contribution in [1.82, 2.24) is 9.88 Å². The zero-order valence-corrected chi connectivity index (χ0v) is 11.1. The van der Waals surface area contributed by atoms with Gasteiger partial charge in [0, 0.05) is 31.4 Å². The van der Waals surface area contributed by atoms with Crippen LogP contribution in [0.25, 0.3) is 0 Å². The van der Waals surface area contributed by atoms with Gasteiger partial charge < -0.3 is 10.2 Å². The minimum Gasteiger partial charge on any atom is -0.339 e. The van der Waals surface area contributed by atoms with Gasteiger partial charge in [-0.05, 0) is 25.0 Å². The van der Waals surface area contributed by atoms with E-state index >= 15 is 0 Å². The van der Waals surface area contributed by atoms with Crippen LogP contribution in [0, 0.1) is 0 Å². The molecular weight excluding hydrogens is 266 g/mol. The van der Waals surface area contributed by atoms with E-state index in [1.54, 1.807) is 17.0 Å². The molecule has 1 aromatic rings. The van der Waals surface area contributed by atoms with Gasteiger partial charge in [-0.3, -0.25) is 9.59 Å². The van der Waals surface area contributed by atoms with Crippen LogP contribution in [0.2, 0.25) is 5.02 Å². The molecule has 0 radical (unpaired) electrons. The highest BCUT2D eigenvalue weighted by atomic mass is 35.5. The van der Waals surface area contributed by atoms with Gasteiger partial charge in [-0.25, -0.2) is 4.98 Å². The number of pyridine rings is 1. The Morgan fingerprint density at radius 3 is 2.63 bits per heavy atom. The van der Waals surface area contributed by atoms with Gasteiger partial charge in [0.2, 0.25) is 11.8 Å². The third kappa shape index (κ3) is 4.06. The summed E-state index contributed by atoms with van der Waals surface area (Å²) in [5, 5.41) is 3.05. The van der Waals surface area contributed by atoms with Crippen molar-refractivity contribution in [2.75, 3.05) is 18.4 Å². The maximum Gasteiger partial charge on any atom is 0.249 e. The van der Waals surface area contributed by atoms with Crippen molar-refractivity contribution in [2.45, 2.75) is 12.8 Å². The zero-order chi connectivity index (χ0) is 13.7. The summed E-state index contributed by atoms with van der Waals surface area (Å²) >= 11 is 5.68. The van der Waals surface area contributed by atoms with Crippen LogP contribution in [0.5, 0.6) is 0 Å². The highest BCUT2D eigenvalue weighted by Gasteiger charge is 2.15. The SMILES string of the molecule is O=C(/C=C\C(=O)N1CCCC1)Nc1ccc(Cl)cn1. The molecule has 1 fully saturated rings. The molecule has 5 nitrogen and oxygen atoms in total. The molecule has 1 aromatic heterocycles. The molecule has 0 unspecified atom stereocenters. The molecule has 2 heterocycles. The average molecular weight is 280 g/mol. The lowest BCUT2D eigenvalue weighted by Gasteiger charge is -2.11. The minimum atomic E-state index is -0.387. The van der Waals surface area contributed by atoms with Gasteiger partial charge in [-0.2, -0.15) is 0 Å². The smallest absolute Gasteiger partial charge is 0.249 e. The van der Waals surface area contributed by atoms with Crippen molar-refractivity contribution in [3.05, 3.63) is 35.5 Å². The third-order valence-electron chi connectivity index (χ3n) is 2.77. The number of nitrogens with one attached hydrogen (secondary N) is 1. The van der Waals surface area contributed by atoms with Gasteiger partial charge in [0.25, 0.3) is 0 Å². The second-order valence-electron chi connectivity index (χ2n) is 4.22. The summed E-state index contributed by atoms with van der Waals surface area (Å²) in [7, 11) is 0. The topological polar surface area (TPSA) is 62.3 Å². The van der Waals surface area contributed by atoms with Crippen LogP contribution < -0.4 is 5.32 Å². The molecule has 1 aliphatic heterocycles. The van der Waals surface area contributed by atoms with Crippen molar-refractivity contribution in [1.29, 1.82) is 0 Å². The van der Waals surface area contributed by atoms with Crippen molar-refractivity contribution >= 4 is 29.2 Å². The fourth-order valence-corrected chi connectivity index (χ4v) is 1.92. The van der Waals surface area contributed by atoms with E-state index in [-0.39, 0.29) is 11.8 Å². The molecule has 0 spiro atoms. The number of likely N-dealkylation sites (tertiary alicyclic amines) is 1. The third-order valence-corrected chi connectivity index (χ3v) is 3.00. The van der Waals surface area contributed by atoms with Gasteiger partial charge >= 0.3 is 0 Å². The molecule has 2 amide bonds. The quantitative estimate of drug-likeness (QED) is 0.859. The standard InChI is InChI=1S/C13H14ClN3O2/c14-10-3-4-11(15-9-10)16-12(18)5-6-13(19)17-7-1-2-8-17/h3-6,9H,1-2,7-8H2,(H,15,16,18)/b6-5-. The second kappa shape index (κ2) is 6.33. The van der Waals surface area contributed by atoms with Crippen LogP contribution in [0.1, 0.15) is 12.8 Å². The molecule has 0 bridgehead atoms. The van der Waals surface area contributed by atoms with Gasteiger partial charge in [-0.1, -0.05) is 11.6 Å². The number of hydrogen-bond acceptors (Lipinski definition) is 3. The molecule has 100 valence electrons. The van der Waals surface area contributed by atoms with Crippen molar-refractivity contribution in [2.24, 2.45) is 0 Å². The summed E-state index contributed by atoms with van der Waals surface area (Å²) in [6.07, 6.45) is 6.00. The Bertz CT molecular complexity index is 493. The molecule has 6 heteroatoms. The monoisotopic (exact) mass is 279 g/mol. The number of anilines is 1. The van der Waals surface area contributed by atoms with E-state index in [0.717, 1.165) is 25.9 Å². The molecule has 0 atom stereocenters. The number of nitrogens with zero attached hydrogens (tertiary/aromatic N) is 2. The van der Waals surface area contributed by atoms with Crippen LogP contribution in [0.4, 0.5) is 5.82 Å². The molecule has 1 N–H and O–H groups in total. The zero-order valence-electron chi connectivity index (χ0n) is 10.3. The maximum atomic E-state index is 11.7. The molecule has 1 aliphatic rings. The Morgan fingerprint density at radius 2 is 2.00 bits per heavy atom. The normalized spacial score (nSPS) is 14.9. The Balaban J connectivity index is 1.86. The molecule has 0 saturated carbocycles. The van der Waals surface area contributed by atoms with E-state index in [2.05, 4.69) is 10.3 Å². The summed E-state index contributed by atoms with van der Waals surface area (Å²) < 4.78 is 0. The first-order valence-electron chi connectivity index (χ1n) is 6.05. The van der Waals surface area contributed by atoms with Crippen LogP contribution >= 0.6 is 11.6 Å². The Kier molecular flexibility index (Phi) is 4.52. The van der Waals surface area contributed by atoms with Gasteiger partial charge in [-0.15, -0.1) is 0 Å². The predicted molar refractivity (Wildman–Crippen MR) is 72.8 cm³/mol. The number of hydrogen-bond donors (Lipinski definition) is 1. The number of carbonyl (C=O) groups is 2. The average Bonchev–Trinajstić information content (AvgIpc) is 2.93. The molecule has 0 aliphatic carbocycles. The molecular formula is C13H14ClN3O2. The Hall–Kier alpha value is -1.88. The van der Waals surface area contributed by atoms with Crippen LogP contribution in [0.3, 0.4) is 0 Å². The summed E-state index contributed by atoms with van der Waals surface area (Å²) in [6, 6.07) is 3.22. The fourth-order valence-electron chi connectivity index (χ4n) is 1.81. The van der Waals surface area contributed by atoms with E-state index in [1.165, 1.54) is 18.3 Å². The summed E-state index contributed by atoms with van der Waals surface area (Å²) in [5.74, 6) is -0.119. The lowest BCUT2D eigenvalue weighted by Crippen LogP contribution is -2.26. The molecule has 1 saturated heterocycles. The largest absolute Gasteiger partial charge is 0.339 e. The number of rotatable bonds is 3. The number of amides is 2. The first-order chi connectivity index (χ1) is 9.15. The van der Waals surface area contributed by atoms with Crippen LogP contribution in [-0.4, -0.2) is 34.8 Å². The molecule has 2 rings (SSSR count). The highest BCUT2D eigenvalue weighted by Crippen LogP contribution is 2.10. The molecule has 0 aromatic carbocycles. The van der Waals surface area contributed by atoms with Gasteiger partial charge in [0.15, 0.2) is 0 Å². The van der Waals surface area contributed by atoms with Crippen molar-refractivity contribution in [3.63, 3.8) is 0 Å².